The number of nitrogens with zero attached hydrogens (tertiary/aromatic N) is 3. The number of aromatic nitrogens is 1. The van der Waals surface area contributed by atoms with Gasteiger partial charge in [-0.25, -0.2) is 4.98 Å². The molecular weight excluding hydrogens is 573 g/mol. The third-order valence-electron chi connectivity index (χ3n) is 7.23. The van der Waals surface area contributed by atoms with E-state index >= 15 is 0 Å². The van der Waals surface area contributed by atoms with Crippen LogP contribution in [0.1, 0.15) is 43.0 Å². The lowest BCUT2D eigenvalue weighted by Gasteiger charge is -2.24. The summed E-state index contributed by atoms with van der Waals surface area (Å²) in [7, 11) is -4.33. The molecule has 1 unspecified atom stereocenters. The fourth-order valence-electron chi connectivity index (χ4n) is 5.06. The minimum absolute atomic E-state index is 0.111. The van der Waals surface area contributed by atoms with E-state index in [2.05, 4.69) is 20.1 Å². The molecule has 0 aliphatic carbocycles. The standard InChI is InChI=1S/C27H38N4O6S3/c1-3-24(31-11-4-5-12-31)25(21-7-9-23(10-8-21)40(35,36)16-6-15-37-2)26(32)29-27-28-19-22(38-27)20-30-13-17-39(33,34)18-14-30/h7-10,19H,3-6,11-18,20H2,1-2H3,(H-2,28,29,32,33,34,35,36)/p+2/b25-24+. The van der Waals surface area contributed by atoms with Crippen LogP contribution >= 0.6 is 11.3 Å². The van der Waals surface area contributed by atoms with E-state index in [-0.39, 0.29) is 23.2 Å². The minimum Gasteiger partial charge on any atom is -0.384 e. The lowest BCUT2D eigenvalue weighted by atomic mass is 10.0. The minimum atomic E-state index is -3.20. The van der Waals surface area contributed by atoms with E-state index in [1.165, 1.54) is 11.3 Å². The zero-order chi connectivity index (χ0) is 28.8. The van der Waals surface area contributed by atoms with Crippen molar-refractivity contribution in [1.82, 2.24) is 14.8 Å². The molecule has 3 N–H and O–H groups in total. The highest BCUT2D eigenvalue weighted by Gasteiger charge is 2.32. The smallest absolute Gasteiger partial charge is 0.259 e. The van der Waals surface area contributed by atoms with E-state index in [0.29, 0.717) is 60.2 Å². The van der Waals surface area contributed by atoms with Crippen LogP contribution in [0.4, 0.5) is 5.13 Å². The molecule has 0 saturated carbocycles. The van der Waals surface area contributed by atoms with Crippen LogP contribution in [0.15, 0.2) is 41.1 Å². The van der Waals surface area contributed by atoms with E-state index in [9.17, 15) is 22.3 Å². The van der Waals surface area contributed by atoms with Crippen molar-refractivity contribution < 1.29 is 27.1 Å². The Bertz CT molecular complexity index is 1280. The van der Waals surface area contributed by atoms with Crippen LogP contribution < -0.4 is 5.32 Å². The monoisotopic (exact) mass is 612 g/mol. The second kappa shape index (κ2) is 13.8. The molecule has 1 aromatic heterocycles. The quantitative estimate of drug-likeness (QED) is 0.184. The normalized spacial score (nSPS) is 19.8. The van der Waals surface area contributed by atoms with Crippen LogP contribution in [0.2, 0.25) is 0 Å². The molecule has 2 aromatic rings. The Kier molecular flexibility index (Phi) is 10.7. The fraction of sp³-hybridized carbons (Fsp3) is 0.556. The molecule has 3 heterocycles. The number of ether oxygens (including phenoxy) is 1. The second-order valence-electron chi connectivity index (χ2n) is 10.1. The molecule has 4 rings (SSSR count). The van der Waals surface area contributed by atoms with Crippen molar-refractivity contribution >= 4 is 48.4 Å². The third kappa shape index (κ3) is 8.05. The van der Waals surface area contributed by atoms with Crippen LogP contribution in [0.3, 0.4) is 0 Å². The first-order chi connectivity index (χ1) is 19.1. The molecule has 220 valence electrons. The molecule has 2 fully saturated rings. The molecule has 0 radical (unpaired) electrons. The average molecular weight is 613 g/mol. The number of hydrogen-bond acceptors (Lipinski definition) is 8. The van der Waals surface area contributed by atoms with E-state index in [1.807, 2.05) is 6.92 Å². The Morgan fingerprint density at radius 2 is 1.85 bits per heavy atom. The predicted molar refractivity (Wildman–Crippen MR) is 161 cm³/mol. The van der Waals surface area contributed by atoms with Gasteiger partial charge in [0.05, 0.1) is 12.2 Å². The van der Waals surface area contributed by atoms with Crippen molar-refractivity contribution in [2.24, 2.45) is 0 Å². The molecule has 40 heavy (non-hydrogen) atoms. The van der Waals surface area contributed by atoms with Crippen molar-refractivity contribution in [3.63, 3.8) is 0 Å². The summed E-state index contributed by atoms with van der Waals surface area (Å²) in [6.45, 7) is 5.96. The number of thiazole rings is 1. The summed E-state index contributed by atoms with van der Waals surface area (Å²) in [4.78, 5) is 23.9. The first-order valence-corrected chi connectivity index (χ1v) is 18.0. The number of carbonyl (C=O) groups excluding carboxylic acids is 1. The van der Waals surface area contributed by atoms with Gasteiger partial charge in [-0.2, -0.15) is 9.11 Å². The van der Waals surface area contributed by atoms with Crippen LogP contribution in [0.25, 0.3) is 5.57 Å². The van der Waals surface area contributed by atoms with E-state index in [4.69, 9.17) is 4.74 Å². The lowest BCUT2D eigenvalue weighted by Crippen LogP contribution is -2.42. The number of amides is 1. The van der Waals surface area contributed by atoms with E-state index in [1.54, 1.807) is 37.6 Å². The van der Waals surface area contributed by atoms with Crippen molar-refractivity contribution in [1.29, 1.82) is 0 Å². The topological polar surface area (TPSA) is 132 Å². The van der Waals surface area contributed by atoms with Crippen LogP contribution in [0.5, 0.6) is 0 Å². The first-order valence-electron chi connectivity index (χ1n) is 13.6. The highest BCUT2D eigenvalue weighted by molar-refractivity contribution is 7.98. The van der Waals surface area contributed by atoms with Crippen LogP contribution in [-0.4, -0.2) is 87.0 Å². The van der Waals surface area contributed by atoms with Crippen LogP contribution in [0, 0.1) is 0 Å². The second-order valence-corrected chi connectivity index (χ2v) is 15.8. The number of likely N-dealkylation sites (tertiary alicyclic amines) is 1. The third-order valence-corrected chi connectivity index (χ3v) is 11.6. The Morgan fingerprint density at radius 3 is 2.48 bits per heavy atom. The van der Waals surface area contributed by atoms with Gasteiger partial charge < -0.3 is 9.64 Å². The van der Waals surface area contributed by atoms with Gasteiger partial charge in [-0.15, -0.1) is 11.3 Å². The number of allylic oxidation sites excluding steroid dienone is 1. The van der Waals surface area contributed by atoms with E-state index < -0.39 is 20.4 Å². The van der Waals surface area contributed by atoms with Gasteiger partial charge >= 0.3 is 0 Å². The zero-order valence-electron chi connectivity index (χ0n) is 23.2. The van der Waals surface area contributed by atoms with Gasteiger partial charge in [0.15, 0.2) is 21.5 Å². The number of methoxy groups -OCH3 is 1. The summed E-state index contributed by atoms with van der Waals surface area (Å²) in [5, 5.41) is 3.48. The Hall–Kier alpha value is -2.00. The molecule has 13 heteroatoms. The summed E-state index contributed by atoms with van der Waals surface area (Å²) in [5.41, 5.74) is 2.19. The fourth-order valence-corrected chi connectivity index (χ4v) is 8.51. The summed E-state index contributed by atoms with van der Waals surface area (Å²) >= 11 is 1.40. The summed E-state index contributed by atoms with van der Waals surface area (Å²) in [6, 6.07) is 6.79. The average Bonchev–Trinajstić information content (AvgIpc) is 3.61. The number of nitrogens with one attached hydrogen (secondary N) is 1. The number of anilines is 1. The molecule has 1 aromatic carbocycles. The number of hydrogen-bond donors (Lipinski definition) is 3. The zero-order valence-corrected chi connectivity index (χ0v) is 25.6. The Morgan fingerprint density at radius 1 is 1.18 bits per heavy atom. The van der Waals surface area contributed by atoms with Gasteiger partial charge in [-0.3, -0.25) is 15.0 Å². The molecule has 1 amide bonds. The Balaban J connectivity index is 1.54. The lowest BCUT2D eigenvalue weighted by molar-refractivity contribution is -0.111. The summed E-state index contributed by atoms with van der Waals surface area (Å²) < 4.78 is 50.0. The molecule has 2 aliphatic heterocycles. The molecule has 1 atom stereocenters. The number of carbonyl (C=O) groups is 1. The highest BCUT2D eigenvalue weighted by Crippen LogP contribution is 2.31. The summed E-state index contributed by atoms with van der Waals surface area (Å²) in [5.74, 6) is 0.397. The maximum atomic E-state index is 13.8. The maximum Gasteiger partial charge on any atom is 0.259 e. The van der Waals surface area contributed by atoms with Crippen molar-refractivity contribution in [2.75, 3.05) is 62.5 Å². The van der Waals surface area contributed by atoms with Crippen molar-refractivity contribution in [3.8, 4) is 0 Å². The van der Waals surface area contributed by atoms with Gasteiger partial charge in [0, 0.05) is 63.0 Å². The molecule has 2 saturated heterocycles. The van der Waals surface area contributed by atoms with Crippen molar-refractivity contribution in [3.05, 3.63) is 46.6 Å². The van der Waals surface area contributed by atoms with Crippen molar-refractivity contribution in [2.45, 2.75) is 44.0 Å². The highest BCUT2D eigenvalue weighted by atomic mass is 32.3. The molecule has 2 aliphatic rings. The molecular formula is C27H40N4O6S3+2. The summed E-state index contributed by atoms with van der Waals surface area (Å²) in [6.07, 6.45) is 5.04. The molecule has 0 bridgehead atoms. The maximum absolute atomic E-state index is 13.8. The molecule has 0 spiro atoms. The van der Waals surface area contributed by atoms with Gasteiger partial charge in [0.1, 0.15) is 5.75 Å². The Labute approximate surface area is 242 Å². The molecule has 10 nitrogen and oxygen atoms in total. The van der Waals surface area contributed by atoms with Gasteiger partial charge in [-0.1, -0.05) is 15.3 Å². The van der Waals surface area contributed by atoms with Gasteiger partial charge in [0.25, 0.3) is 5.91 Å². The largest absolute Gasteiger partial charge is 0.384 e. The van der Waals surface area contributed by atoms with Gasteiger partial charge in [0.2, 0.25) is 20.4 Å². The SMILES string of the molecule is CC/C(=C(\C(=O)Nc1ncc(CN2CC[S+](=O)(O)CC2)s1)c1ccc([S+](=O)(O)CCCOC)cc1)N1CCCC1. The van der Waals surface area contributed by atoms with E-state index in [0.717, 1.165) is 36.5 Å². The number of benzene rings is 1. The van der Waals surface area contributed by atoms with Gasteiger partial charge in [-0.05, 0) is 49.1 Å². The predicted octanol–water partition coefficient (Wildman–Crippen LogP) is 4.15. The number of rotatable bonds is 12. The first kappa shape index (κ1) is 30.9. The van der Waals surface area contributed by atoms with Crippen LogP contribution in [-0.2, 0) is 44.9 Å².